The zero-order valence-electron chi connectivity index (χ0n) is 22.1. The van der Waals surface area contributed by atoms with E-state index in [0.29, 0.717) is 47.5 Å². The van der Waals surface area contributed by atoms with Crippen LogP contribution >= 0.6 is 0 Å². The van der Waals surface area contributed by atoms with Crippen molar-refractivity contribution in [3.8, 4) is 23.0 Å². The fraction of sp³-hybridized carbons (Fsp3) is 0.233. The maximum absolute atomic E-state index is 13.5. The number of Topliss-reactive ketones (excluding diaryl/α,β-unsaturated/α-hetero) is 1. The standard InChI is InChI=1S/C30H29NO8/c1-5-37-23-15-16-24(25(17-23)38-6-2)28(33)26-27(19-7-11-22(12-8-19)39-18(3)32)31(30(35)29(26)34)20-9-13-21(36-4)14-10-20/h7-17,27,33H,5-6H2,1-4H3/b28-26-. The van der Waals surface area contributed by atoms with E-state index in [4.69, 9.17) is 18.9 Å². The summed E-state index contributed by atoms with van der Waals surface area (Å²) in [6.07, 6.45) is 0. The fourth-order valence-electron chi connectivity index (χ4n) is 4.42. The molecule has 3 aromatic rings. The van der Waals surface area contributed by atoms with Crippen molar-refractivity contribution in [3.05, 3.63) is 83.4 Å². The molecule has 39 heavy (non-hydrogen) atoms. The number of ether oxygens (including phenoxy) is 4. The van der Waals surface area contributed by atoms with Crippen molar-refractivity contribution in [2.24, 2.45) is 0 Å². The minimum Gasteiger partial charge on any atom is -0.507 e. The molecule has 0 aromatic heterocycles. The van der Waals surface area contributed by atoms with E-state index in [-0.39, 0.29) is 16.9 Å². The minimum atomic E-state index is -0.981. The summed E-state index contributed by atoms with van der Waals surface area (Å²) in [5, 5.41) is 11.6. The topological polar surface area (TPSA) is 112 Å². The highest BCUT2D eigenvalue weighted by Crippen LogP contribution is 2.44. The van der Waals surface area contributed by atoms with Crippen LogP contribution < -0.4 is 23.8 Å². The van der Waals surface area contributed by atoms with Gasteiger partial charge in [0.2, 0.25) is 0 Å². The van der Waals surface area contributed by atoms with Crippen LogP contribution in [0.4, 0.5) is 5.69 Å². The molecule has 4 rings (SSSR count). The number of aliphatic hydroxyl groups is 1. The predicted octanol–water partition coefficient (Wildman–Crippen LogP) is 5.04. The highest BCUT2D eigenvalue weighted by Gasteiger charge is 2.47. The minimum absolute atomic E-state index is 0.110. The van der Waals surface area contributed by atoms with Gasteiger partial charge in [0.1, 0.15) is 28.8 Å². The molecule has 1 saturated heterocycles. The fourth-order valence-corrected chi connectivity index (χ4v) is 4.42. The Morgan fingerprint density at radius 2 is 1.49 bits per heavy atom. The summed E-state index contributed by atoms with van der Waals surface area (Å²) in [6, 6.07) is 17.0. The summed E-state index contributed by atoms with van der Waals surface area (Å²) in [5.74, 6) is -0.801. The first kappa shape index (κ1) is 27.3. The van der Waals surface area contributed by atoms with Gasteiger partial charge >= 0.3 is 5.97 Å². The molecule has 1 N–H and O–H groups in total. The van der Waals surface area contributed by atoms with E-state index < -0.39 is 23.7 Å². The third kappa shape index (κ3) is 5.57. The molecule has 0 bridgehead atoms. The normalized spacial score (nSPS) is 16.2. The Bertz CT molecular complexity index is 1410. The lowest BCUT2D eigenvalue weighted by atomic mass is 9.94. The third-order valence-electron chi connectivity index (χ3n) is 6.07. The van der Waals surface area contributed by atoms with Crippen LogP contribution in [0.1, 0.15) is 37.9 Å². The molecule has 1 heterocycles. The van der Waals surface area contributed by atoms with Gasteiger partial charge in [-0.05, 0) is 67.9 Å². The van der Waals surface area contributed by atoms with E-state index in [0.717, 1.165) is 0 Å². The SMILES string of the molecule is CCOc1ccc(/C(O)=C2/C(=O)C(=O)N(c3ccc(OC)cc3)C2c2ccc(OC(C)=O)cc2)c(OCC)c1. The van der Waals surface area contributed by atoms with E-state index in [9.17, 15) is 19.5 Å². The number of ketones is 1. The second kappa shape index (κ2) is 11.7. The quantitative estimate of drug-likeness (QED) is 0.134. The Hall–Kier alpha value is -4.79. The number of aliphatic hydroxyl groups excluding tert-OH is 1. The lowest BCUT2D eigenvalue weighted by Crippen LogP contribution is -2.29. The molecule has 1 atom stereocenters. The number of carbonyl (C=O) groups is 3. The molecular formula is C30H29NO8. The monoisotopic (exact) mass is 531 g/mol. The first-order valence-corrected chi connectivity index (χ1v) is 12.4. The molecule has 1 aliphatic heterocycles. The van der Waals surface area contributed by atoms with Crippen LogP contribution in [0.2, 0.25) is 0 Å². The maximum Gasteiger partial charge on any atom is 0.308 e. The number of esters is 1. The molecule has 1 aliphatic rings. The van der Waals surface area contributed by atoms with E-state index in [1.54, 1.807) is 73.7 Å². The van der Waals surface area contributed by atoms with Crippen molar-refractivity contribution in [1.82, 2.24) is 0 Å². The number of nitrogens with zero attached hydrogens (tertiary/aromatic N) is 1. The molecule has 1 fully saturated rings. The Morgan fingerprint density at radius 1 is 0.872 bits per heavy atom. The van der Waals surface area contributed by atoms with Crippen molar-refractivity contribution in [2.75, 3.05) is 25.2 Å². The van der Waals surface area contributed by atoms with Crippen molar-refractivity contribution < 1.29 is 38.4 Å². The first-order chi connectivity index (χ1) is 18.8. The molecule has 1 amide bonds. The van der Waals surface area contributed by atoms with Crippen LogP contribution in [0, 0.1) is 0 Å². The molecule has 9 nitrogen and oxygen atoms in total. The van der Waals surface area contributed by atoms with Gasteiger partial charge < -0.3 is 24.1 Å². The van der Waals surface area contributed by atoms with E-state index in [1.165, 1.54) is 18.9 Å². The molecule has 0 saturated carbocycles. The summed E-state index contributed by atoms with van der Waals surface area (Å²) in [4.78, 5) is 39.6. The van der Waals surface area contributed by atoms with Gasteiger partial charge in [-0.15, -0.1) is 0 Å². The van der Waals surface area contributed by atoms with Crippen LogP contribution in [0.5, 0.6) is 23.0 Å². The zero-order chi connectivity index (χ0) is 28.1. The number of anilines is 1. The molecule has 202 valence electrons. The third-order valence-corrected chi connectivity index (χ3v) is 6.07. The van der Waals surface area contributed by atoms with Crippen molar-refractivity contribution in [3.63, 3.8) is 0 Å². The second-order valence-electron chi connectivity index (χ2n) is 8.55. The van der Waals surface area contributed by atoms with Gasteiger partial charge in [-0.25, -0.2) is 0 Å². The first-order valence-electron chi connectivity index (χ1n) is 12.4. The maximum atomic E-state index is 13.5. The number of methoxy groups -OCH3 is 1. The number of rotatable bonds is 9. The summed E-state index contributed by atoms with van der Waals surface area (Å²) in [7, 11) is 1.53. The van der Waals surface area contributed by atoms with Crippen molar-refractivity contribution >= 4 is 29.1 Å². The summed E-state index contributed by atoms with van der Waals surface area (Å²) in [6.45, 7) is 5.68. The molecular weight excluding hydrogens is 502 g/mol. The van der Waals surface area contributed by atoms with Crippen molar-refractivity contribution in [1.29, 1.82) is 0 Å². The van der Waals surface area contributed by atoms with Crippen LogP contribution in [-0.2, 0) is 14.4 Å². The van der Waals surface area contributed by atoms with E-state index >= 15 is 0 Å². The molecule has 1 unspecified atom stereocenters. The average molecular weight is 532 g/mol. The average Bonchev–Trinajstić information content (AvgIpc) is 3.19. The Kier molecular flexibility index (Phi) is 8.19. The molecule has 0 radical (unpaired) electrons. The highest BCUT2D eigenvalue weighted by atomic mass is 16.5. The Balaban J connectivity index is 1.90. The van der Waals surface area contributed by atoms with Gasteiger partial charge in [-0.2, -0.15) is 0 Å². The molecule has 3 aromatic carbocycles. The Morgan fingerprint density at radius 3 is 2.08 bits per heavy atom. The number of hydrogen-bond donors (Lipinski definition) is 1. The summed E-state index contributed by atoms with van der Waals surface area (Å²) < 4.78 is 21.7. The van der Waals surface area contributed by atoms with Gasteiger partial charge in [-0.1, -0.05) is 12.1 Å². The molecule has 0 aliphatic carbocycles. The van der Waals surface area contributed by atoms with Gasteiger partial charge in [-0.3, -0.25) is 19.3 Å². The number of carbonyl (C=O) groups excluding carboxylic acids is 3. The van der Waals surface area contributed by atoms with Gasteiger partial charge in [0.15, 0.2) is 0 Å². The summed E-state index contributed by atoms with van der Waals surface area (Å²) >= 11 is 0. The summed E-state index contributed by atoms with van der Waals surface area (Å²) in [5.41, 5.74) is 1.09. The van der Waals surface area contributed by atoms with Crippen LogP contribution in [0.15, 0.2) is 72.3 Å². The van der Waals surface area contributed by atoms with E-state index in [1.807, 2.05) is 6.92 Å². The van der Waals surface area contributed by atoms with Crippen LogP contribution in [0.3, 0.4) is 0 Å². The lowest BCUT2D eigenvalue weighted by Gasteiger charge is -2.26. The van der Waals surface area contributed by atoms with Gasteiger partial charge in [0.05, 0.1) is 37.5 Å². The highest BCUT2D eigenvalue weighted by molar-refractivity contribution is 6.51. The van der Waals surface area contributed by atoms with Gasteiger partial charge in [0, 0.05) is 18.7 Å². The lowest BCUT2D eigenvalue weighted by molar-refractivity contribution is -0.132. The van der Waals surface area contributed by atoms with Crippen molar-refractivity contribution in [2.45, 2.75) is 26.8 Å². The second-order valence-corrected chi connectivity index (χ2v) is 8.55. The predicted molar refractivity (Wildman–Crippen MR) is 144 cm³/mol. The molecule has 0 spiro atoms. The van der Waals surface area contributed by atoms with Crippen LogP contribution in [-0.4, -0.2) is 43.1 Å². The number of benzene rings is 3. The van der Waals surface area contributed by atoms with E-state index in [2.05, 4.69) is 0 Å². The number of hydrogen-bond acceptors (Lipinski definition) is 8. The molecule has 9 heteroatoms. The van der Waals surface area contributed by atoms with Gasteiger partial charge in [0.25, 0.3) is 11.7 Å². The Labute approximate surface area is 226 Å². The zero-order valence-corrected chi connectivity index (χ0v) is 22.1. The number of amides is 1. The smallest absolute Gasteiger partial charge is 0.308 e. The largest absolute Gasteiger partial charge is 0.507 e. The van der Waals surface area contributed by atoms with Crippen LogP contribution in [0.25, 0.3) is 5.76 Å².